The maximum atomic E-state index is 12.8. The Morgan fingerprint density at radius 2 is 1.72 bits per heavy atom. The highest BCUT2D eigenvalue weighted by molar-refractivity contribution is 5.96. The molecule has 5 nitrogen and oxygen atoms in total. The summed E-state index contributed by atoms with van der Waals surface area (Å²) in [5.41, 5.74) is 1.19. The zero-order valence-electron chi connectivity index (χ0n) is 13.6. The van der Waals surface area contributed by atoms with Crippen LogP contribution in [0.4, 0.5) is 10.1 Å². The minimum atomic E-state index is -0.334. The van der Waals surface area contributed by atoms with Crippen molar-refractivity contribution < 1.29 is 18.7 Å². The van der Waals surface area contributed by atoms with Gasteiger partial charge in [0.1, 0.15) is 11.6 Å². The van der Waals surface area contributed by atoms with Crippen molar-refractivity contribution in [2.24, 2.45) is 0 Å². The number of halogens is 1. The summed E-state index contributed by atoms with van der Waals surface area (Å²) in [7, 11) is 0. The van der Waals surface area contributed by atoms with Crippen LogP contribution in [0.1, 0.15) is 29.6 Å². The van der Waals surface area contributed by atoms with Crippen molar-refractivity contribution in [1.82, 2.24) is 5.32 Å². The number of rotatable bonds is 7. The molecule has 2 amide bonds. The third-order valence-corrected chi connectivity index (χ3v) is 3.75. The van der Waals surface area contributed by atoms with E-state index in [4.69, 9.17) is 4.74 Å². The van der Waals surface area contributed by atoms with Crippen LogP contribution in [-0.4, -0.2) is 24.5 Å². The minimum absolute atomic E-state index is 0.0897. The molecule has 25 heavy (non-hydrogen) atoms. The van der Waals surface area contributed by atoms with Gasteiger partial charge in [-0.15, -0.1) is 0 Å². The van der Waals surface area contributed by atoms with Crippen LogP contribution in [-0.2, 0) is 4.79 Å². The quantitative estimate of drug-likeness (QED) is 0.812. The van der Waals surface area contributed by atoms with Gasteiger partial charge in [0.2, 0.25) is 5.91 Å². The van der Waals surface area contributed by atoms with E-state index in [-0.39, 0.29) is 30.7 Å². The number of amides is 2. The summed E-state index contributed by atoms with van der Waals surface area (Å²) in [6.45, 7) is 0.194. The van der Waals surface area contributed by atoms with Crippen LogP contribution in [0.2, 0.25) is 0 Å². The van der Waals surface area contributed by atoms with E-state index in [1.165, 1.54) is 24.3 Å². The van der Waals surface area contributed by atoms with Crippen LogP contribution in [0.5, 0.6) is 5.75 Å². The van der Waals surface area contributed by atoms with Gasteiger partial charge in [0.15, 0.2) is 0 Å². The summed E-state index contributed by atoms with van der Waals surface area (Å²) in [5.74, 6) is -0.107. The predicted octanol–water partition coefficient (Wildman–Crippen LogP) is 3.13. The van der Waals surface area contributed by atoms with Crippen molar-refractivity contribution >= 4 is 17.5 Å². The lowest BCUT2D eigenvalue weighted by Gasteiger charge is -2.08. The van der Waals surface area contributed by atoms with E-state index in [1.54, 1.807) is 24.3 Å². The Morgan fingerprint density at radius 1 is 1.04 bits per heavy atom. The fraction of sp³-hybridized carbons (Fsp3) is 0.263. The Hall–Kier alpha value is -2.89. The number of ether oxygens (including phenoxy) is 1. The molecule has 1 fully saturated rings. The largest absolute Gasteiger partial charge is 0.493 e. The Balaban J connectivity index is 1.42. The summed E-state index contributed by atoms with van der Waals surface area (Å²) >= 11 is 0. The van der Waals surface area contributed by atoms with Crippen molar-refractivity contribution in [2.75, 3.05) is 11.9 Å². The minimum Gasteiger partial charge on any atom is -0.493 e. The van der Waals surface area contributed by atoms with Crippen molar-refractivity contribution in [3.05, 3.63) is 59.9 Å². The highest BCUT2D eigenvalue weighted by Gasteiger charge is 2.23. The highest BCUT2D eigenvalue weighted by Crippen LogP contribution is 2.19. The average Bonchev–Trinajstić information content (AvgIpc) is 3.41. The van der Waals surface area contributed by atoms with Crippen molar-refractivity contribution in [2.45, 2.75) is 25.3 Å². The van der Waals surface area contributed by atoms with Crippen LogP contribution >= 0.6 is 0 Å². The molecule has 1 aliphatic carbocycles. The van der Waals surface area contributed by atoms with Gasteiger partial charge < -0.3 is 15.4 Å². The summed E-state index contributed by atoms with van der Waals surface area (Å²) < 4.78 is 18.2. The molecule has 3 rings (SSSR count). The zero-order chi connectivity index (χ0) is 17.6. The second kappa shape index (κ2) is 7.79. The van der Waals surface area contributed by atoms with Crippen LogP contribution in [0.25, 0.3) is 0 Å². The number of nitrogens with one attached hydrogen (secondary N) is 2. The Labute approximate surface area is 145 Å². The zero-order valence-corrected chi connectivity index (χ0v) is 13.6. The van der Waals surface area contributed by atoms with Crippen LogP contribution in [0.3, 0.4) is 0 Å². The molecule has 6 heteroatoms. The lowest BCUT2D eigenvalue weighted by molar-refractivity contribution is -0.116. The SMILES string of the molecule is O=C(CCOc1ccc(F)cc1)Nc1ccc(C(=O)NC2CC2)cc1. The molecule has 0 radical (unpaired) electrons. The van der Waals surface area contributed by atoms with Gasteiger partial charge in [-0.3, -0.25) is 9.59 Å². The van der Waals surface area contributed by atoms with Gasteiger partial charge in [0.05, 0.1) is 13.0 Å². The second-order valence-electron chi connectivity index (χ2n) is 5.93. The van der Waals surface area contributed by atoms with E-state index >= 15 is 0 Å². The van der Waals surface area contributed by atoms with Gasteiger partial charge in [-0.1, -0.05) is 0 Å². The van der Waals surface area contributed by atoms with Crippen LogP contribution in [0, 0.1) is 5.82 Å². The van der Waals surface area contributed by atoms with Gasteiger partial charge in [-0.2, -0.15) is 0 Å². The lowest BCUT2D eigenvalue weighted by Crippen LogP contribution is -2.25. The molecule has 2 aromatic rings. The van der Waals surface area contributed by atoms with E-state index in [0.29, 0.717) is 23.0 Å². The molecule has 2 N–H and O–H groups in total. The first-order valence-electron chi connectivity index (χ1n) is 8.19. The topological polar surface area (TPSA) is 67.4 Å². The van der Waals surface area contributed by atoms with Gasteiger partial charge >= 0.3 is 0 Å². The number of hydrogen-bond donors (Lipinski definition) is 2. The first-order chi connectivity index (χ1) is 12.1. The van der Waals surface area contributed by atoms with Gasteiger partial charge in [-0.05, 0) is 61.4 Å². The molecule has 0 aliphatic heterocycles. The molecule has 0 saturated heterocycles. The predicted molar refractivity (Wildman–Crippen MR) is 92.1 cm³/mol. The Bertz CT molecular complexity index is 740. The standard InChI is InChI=1S/C19H19FN2O3/c20-14-3-9-17(10-4-14)25-12-11-18(23)21-15-5-1-13(2-6-15)19(24)22-16-7-8-16/h1-6,9-10,16H,7-8,11-12H2,(H,21,23)(H,22,24). The Kier molecular flexibility index (Phi) is 5.28. The summed E-state index contributed by atoms with van der Waals surface area (Å²) in [6, 6.07) is 12.7. The highest BCUT2D eigenvalue weighted by atomic mass is 19.1. The molecule has 0 bridgehead atoms. The fourth-order valence-corrected chi connectivity index (χ4v) is 2.22. The Morgan fingerprint density at radius 3 is 2.36 bits per heavy atom. The molecule has 0 spiro atoms. The number of carbonyl (C=O) groups excluding carboxylic acids is 2. The molecule has 0 aromatic heterocycles. The number of carbonyl (C=O) groups is 2. The fourth-order valence-electron chi connectivity index (χ4n) is 2.22. The van der Waals surface area contributed by atoms with Crippen LogP contribution in [0.15, 0.2) is 48.5 Å². The smallest absolute Gasteiger partial charge is 0.251 e. The van der Waals surface area contributed by atoms with E-state index in [2.05, 4.69) is 10.6 Å². The van der Waals surface area contributed by atoms with E-state index in [9.17, 15) is 14.0 Å². The number of anilines is 1. The summed E-state index contributed by atoms with van der Waals surface area (Å²) in [6.07, 6.45) is 2.25. The summed E-state index contributed by atoms with van der Waals surface area (Å²) in [4.78, 5) is 23.8. The average molecular weight is 342 g/mol. The normalized spacial score (nSPS) is 13.2. The maximum absolute atomic E-state index is 12.8. The molecular weight excluding hydrogens is 323 g/mol. The molecular formula is C19H19FN2O3. The van der Waals surface area contributed by atoms with Gasteiger partial charge in [-0.25, -0.2) is 4.39 Å². The molecule has 1 aliphatic rings. The van der Waals surface area contributed by atoms with E-state index in [1.807, 2.05) is 0 Å². The first-order valence-corrected chi connectivity index (χ1v) is 8.19. The number of hydrogen-bond acceptors (Lipinski definition) is 3. The van der Waals surface area contributed by atoms with Crippen LogP contribution < -0.4 is 15.4 Å². The number of benzene rings is 2. The summed E-state index contributed by atoms with van der Waals surface area (Å²) in [5, 5.41) is 5.66. The maximum Gasteiger partial charge on any atom is 0.251 e. The van der Waals surface area contributed by atoms with Gasteiger partial charge in [0, 0.05) is 17.3 Å². The monoisotopic (exact) mass is 342 g/mol. The third kappa shape index (κ3) is 5.31. The van der Waals surface area contributed by atoms with Crippen molar-refractivity contribution in [3.8, 4) is 5.75 Å². The third-order valence-electron chi connectivity index (χ3n) is 3.75. The second-order valence-corrected chi connectivity index (χ2v) is 5.93. The molecule has 0 atom stereocenters. The molecule has 1 saturated carbocycles. The molecule has 2 aromatic carbocycles. The molecule has 130 valence electrons. The van der Waals surface area contributed by atoms with E-state index < -0.39 is 0 Å². The first kappa shape index (κ1) is 17.0. The molecule has 0 heterocycles. The van der Waals surface area contributed by atoms with Crippen molar-refractivity contribution in [3.63, 3.8) is 0 Å². The van der Waals surface area contributed by atoms with Crippen molar-refractivity contribution in [1.29, 1.82) is 0 Å². The van der Waals surface area contributed by atoms with E-state index in [0.717, 1.165) is 12.8 Å². The lowest BCUT2D eigenvalue weighted by atomic mass is 10.2. The molecule has 0 unspecified atom stereocenters. The van der Waals surface area contributed by atoms with Gasteiger partial charge in [0.25, 0.3) is 5.91 Å².